The van der Waals surface area contributed by atoms with Crippen molar-refractivity contribution in [3.05, 3.63) is 63.1 Å². The molecule has 1 amide bonds. The van der Waals surface area contributed by atoms with Crippen LogP contribution in [0.3, 0.4) is 0 Å². The van der Waals surface area contributed by atoms with Crippen LogP contribution in [0, 0.1) is 11.3 Å². The van der Waals surface area contributed by atoms with E-state index in [1.54, 1.807) is 36.4 Å². The Balaban J connectivity index is 2.22. The van der Waals surface area contributed by atoms with Crippen molar-refractivity contribution in [1.82, 2.24) is 5.32 Å². The molecule has 0 atom stereocenters. The number of carbonyl (C=O) groups is 1. The molecule has 0 spiro atoms. The number of halogens is 2. The summed E-state index contributed by atoms with van der Waals surface area (Å²) in [4.78, 5) is 12.1. The Labute approximate surface area is 180 Å². The lowest BCUT2D eigenvalue weighted by atomic mass is 10.1. The third kappa shape index (κ3) is 6.70. The van der Waals surface area contributed by atoms with E-state index in [9.17, 15) is 10.1 Å². The van der Waals surface area contributed by atoms with Gasteiger partial charge in [-0.15, -0.1) is 0 Å². The fourth-order valence-electron chi connectivity index (χ4n) is 2.45. The molecule has 0 heterocycles. The van der Waals surface area contributed by atoms with E-state index in [-0.39, 0.29) is 12.2 Å². The quantitative estimate of drug-likeness (QED) is 0.424. The Bertz CT molecular complexity index is 936. The smallest absolute Gasteiger partial charge is 0.261 e. The molecule has 0 radical (unpaired) electrons. The summed E-state index contributed by atoms with van der Waals surface area (Å²) in [6.07, 6.45) is 2.32. The van der Waals surface area contributed by atoms with Gasteiger partial charge in [-0.05, 0) is 49.2 Å². The first-order valence-corrected chi connectivity index (χ1v) is 9.97. The van der Waals surface area contributed by atoms with Crippen LogP contribution in [0.1, 0.15) is 31.4 Å². The molecule has 2 rings (SSSR count). The summed E-state index contributed by atoms with van der Waals surface area (Å²) in [6, 6.07) is 12.4. The molecule has 5 nitrogen and oxygen atoms in total. The number of nitriles is 1. The van der Waals surface area contributed by atoms with E-state index in [0.29, 0.717) is 40.3 Å². The summed E-state index contributed by atoms with van der Waals surface area (Å²) in [5, 5.41) is 13.1. The highest BCUT2D eigenvalue weighted by Crippen LogP contribution is 2.31. The summed E-state index contributed by atoms with van der Waals surface area (Å²) in [6.45, 7) is 5.01. The summed E-state index contributed by atoms with van der Waals surface area (Å²) >= 11 is 12.1. The van der Waals surface area contributed by atoms with Gasteiger partial charge in [-0.3, -0.25) is 4.79 Å². The normalized spacial score (nSPS) is 10.9. The van der Waals surface area contributed by atoms with Gasteiger partial charge in [0.05, 0.1) is 6.61 Å². The first-order chi connectivity index (χ1) is 14.0. The lowest BCUT2D eigenvalue weighted by Crippen LogP contribution is -2.25. The van der Waals surface area contributed by atoms with E-state index < -0.39 is 5.91 Å². The number of nitrogens with zero attached hydrogens (tertiary/aromatic N) is 1. The van der Waals surface area contributed by atoms with Crippen molar-refractivity contribution in [3.63, 3.8) is 0 Å². The van der Waals surface area contributed by atoms with Crippen molar-refractivity contribution < 1.29 is 14.3 Å². The van der Waals surface area contributed by atoms with Gasteiger partial charge in [-0.2, -0.15) is 5.26 Å². The lowest BCUT2D eigenvalue weighted by Gasteiger charge is -2.13. The first kappa shape index (κ1) is 22.6. The number of hydrogen-bond acceptors (Lipinski definition) is 4. The number of carbonyl (C=O) groups excluding carboxylic acids is 1. The third-order valence-corrected chi connectivity index (χ3v) is 4.46. The van der Waals surface area contributed by atoms with Crippen LogP contribution >= 0.6 is 23.2 Å². The van der Waals surface area contributed by atoms with Crippen LogP contribution in [-0.4, -0.2) is 19.1 Å². The van der Waals surface area contributed by atoms with E-state index in [1.807, 2.05) is 19.9 Å². The van der Waals surface area contributed by atoms with Crippen LogP contribution in [0.15, 0.2) is 42.0 Å². The molecule has 0 fully saturated rings. The van der Waals surface area contributed by atoms with Crippen molar-refractivity contribution in [2.24, 2.45) is 0 Å². The van der Waals surface area contributed by atoms with Crippen LogP contribution in [-0.2, 0) is 11.4 Å². The molecule has 0 saturated carbocycles. The molecule has 29 heavy (non-hydrogen) atoms. The highest BCUT2D eigenvalue weighted by Gasteiger charge is 2.11. The van der Waals surface area contributed by atoms with Crippen LogP contribution in [0.2, 0.25) is 10.0 Å². The van der Waals surface area contributed by atoms with Crippen molar-refractivity contribution in [2.45, 2.75) is 26.9 Å². The fourth-order valence-corrected chi connectivity index (χ4v) is 2.91. The second-order valence-electron chi connectivity index (χ2n) is 6.09. The molecular weight excluding hydrogens is 411 g/mol. The summed E-state index contributed by atoms with van der Waals surface area (Å²) < 4.78 is 11.5. The molecule has 0 aromatic heterocycles. The summed E-state index contributed by atoms with van der Waals surface area (Å²) in [5.74, 6) is 0.645. The Kier molecular flexibility index (Phi) is 8.85. The van der Waals surface area contributed by atoms with Crippen molar-refractivity contribution in [1.29, 1.82) is 5.26 Å². The van der Waals surface area contributed by atoms with Crippen molar-refractivity contribution in [2.75, 3.05) is 13.2 Å². The standard InChI is InChI=1S/C22H22Cl2N2O3/c1-3-9-26-22(27)17(13-25)10-15-5-8-20(21(11-15)28-4-2)29-14-16-6-7-18(23)12-19(16)24/h5-8,10-12H,3-4,9,14H2,1-2H3,(H,26,27)/b17-10+. The van der Waals surface area contributed by atoms with Gasteiger partial charge < -0.3 is 14.8 Å². The fraction of sp³-hybridized carbons (Fsp3) is 0.273. The van der Waals surface area contributed by atoms with Gasteiger partial charge in [0.1, 0.15) is 18.2 Å². The predicted molar refractivity (Wildman–Crippen MR) is 115 cm³/mol. The molecule has 7 heteroatoms. The van der Waals surface area contributed by atoms with Gasteiger partial charge in [0.25, 0.3) is 5.91 Å². The Morgan fingerprint density at radius 1 is 1.14 bits per heavy atom. The zero-order chi connectivity index (χ0) is 21.2. The van der Waals surface area contributed by atoms with Crippen molar-refractivity contribution in [3.8, 4) is 17.6 Å². The van der Waals surface area contributed by atoms with Crippen LogP contribution in [0.5, 0.6) is 11.5 Å². The maximum Gasteiger partial charge on any atom is 0.261 e. The predicted octanol–water partition coefficient (Wildman–Crippen LogP) is 5.40. The SMILES string of the molecule is CCCNC(=O)/C(C#N)=C/c1ccc(OCc2ccc(Cl)cc2Cl)c(OCC)c1. The monoisotopic (exact) mass is 432 g/mol. The Morgan fingerprint density at radius 2 is 1.93 bits per heavy atom. The van der Waals surface area contributed by atoms with Gasteiger partial charge in [0.15, 0.2) is 11.5 Å². The van der Waals surface area contributed by atoms with E-state index in [1.165, 1.54) is 6.08 Å². The minimum Gasteiger partial charge on any atom is -0.490 e. The number of amides is 1. The Hall–Kier alpha value is -2.68. The van der Waals surface area contributed by atoms with Crippen LogP contribution < -0.4 is 14.8 Å². The molecule has 0 bridgehead atoms. The summed E-state index contributed by atoms with van der Waals surface area (Å²) in [5.41, 5.74) is 1.48. The van der Waals surface area contributed by atoms with Gasteiger partial charge >= 0.3 is 0 Å². The average molecular weight is 433 g/mol. The zero-order valence-electron chi connectivity index (χ0n) is 16.3. The van der Waals surface area contributed by atoms with E-state index in [2.05, 4.69) is 5.32 Å². The van der Waals surface area contributed by atoms with Crippen molar-refractivity contribution >= 4 is 35.2 Å². The molecule has 2 aromatic carbocycles. The van der Waals surface area contributed by atoms with E-state index in [0.717, 1.165) is 12.0 Å². The molecule has 0 unspecified atom stereocenters. The molecule has 0 aliphatic heterocycles. The molecule has 0 saturated heterocycles. The van der Waals surface area contributed by atoms with Crippen LogP contribution in [0.4, 0.5) is 0 Å². The number of ether oxygens (including phenoxy) is 2. The number of rotatable bonds is 9. The average Bonchev–Trinajstić information content (AvgIpc) is 2.70. The van der Waals surface area contributed by atoms with Gasteiger partial charge in [-0.1, -0.05) is 42.3 Å². The lowest BCUT2D eigenvalue weighted by molar-refractivity contribution is -0.117. The highest BCUT2D eigenvalue weighted by molar-refractivity contribution is 6.35. The first-order valence-electron chi connectivity index (χ1n) is 9.22. The maximum absolute atomic E-state index is 12.1. The van der Waals surface area contributed by atoms with Gasteiger partial charge in [0, 0.05) is 22.2 Å². The molecular formula is C22H22Cl2N2O3. The number of nitrogens with one attached hydrogen (secondary N) is 1. The molecule has 0 aliphatic rings. The zero-order valence-corrected chi connectivity index (χ0v) is 17.8. The molecule has 152 valence electrons. The van der Waals surface area contributed by atoms with Crippen LogP contribution in [0.25, 0.3) is 6.08 Å². The van der Waals surface area contributed by atoms with Gasteiger partial charge in [0.2, 0.25) is 0 Å². The highest BCUT2D eigenvalue weighted by atomic mass is 35.5. The largest absolute Gasteiger partial charge is 0.490 e. The number of benzene rings is 2. The third-order valence-electron chi connectivity index (χ3n) is 3.88. The number of hydrogen-bond donors (Lipinski definition) is 1. The summed E-state index contributed by atoms with van der Waals surface area (Å²) in [7, 11) is 0. The second-order valence-corrected chi connectivity index (χ2v) is 6.93. The van der Waals surface area contributed by atoms with E-state index >= 15 is 0 Å². The minimum absolute atomic E-state index is 0.0301. The molecule has 2 aromatic rings. The van der Waals surface area contributed by atoms with E-state index in [4.69, 9.17) is 32.7 Å². The molecule has 0 aliphatic carbocycles. The minimum atomic E-state index is -0.398. The maximum atomic E-state index is 12.1. The topological polar surface area (TPSA) is 71.4 Å². The van der Waals surface area contributed by atoms with Gasteiger partial charge in [-0.25, -0.2) is 0 Å². The second kappa shape index (κ2) is 11.4. The molecule has 1 N–H and O–H groups in total. The Morgan fingerprint density at radius 3 is 2.59 bits per heavy atom.